The zero-order chi connectivity index (χ0) is 31.5. The molecule has 0 rings (SSSR count). The molecule has 0 fully saturated rings. The number of rotatable bonds is 18. The number of hydrogen-bond donors (Lipinski definition) is 5. The van der Waals surface area contributed by atoms with Gasteiger partial charge in [-0.15, -0.1) is 0 Å². The third-order valence-electron chi connectivity index (χ3n) is 5.34. The van der Waals surface area contributed by atoms with E-state index in [-0.39, 0.29) is 19.6 Å². The van der Waals surface area contributed by atoms with Gasteiger partial charge in [0.25, 0.3) is 0 Å². The van der Waals surface area contributed by atoms with Gasteiger partial charge in [0.15, 0.2) is 0 Å². The molecule has 0 radical (unpaired) electrons. The Morgan fingerprint density at radius 1 is 0.707 bits per heavy atom. The first-order valence-corrected chi connectivity index (χ1v) is 14.5. The number of nitrogens with one attached hydrogen (secondary N) is 4. The Hall–Kier alpha value is -3.09. The van der Waals surface area contributed by atoms with Crippen LogP contribution < -0.4 is 27.0 Å². The van der Waals surface area contributed by atoms with Crippen molar-refractivity contribution in [3.63, 3.8) is 0 Å². The van der Waals surface area contributed by atoms with Crippen LogP contribution in [0.15, 0.2) is 0 Å². The van der Waals surface area contributed by atoms with Crippen LogP contribution in [0.3, 0.4) is 0 Å². The van der Waals surface area contributed by atoms with Crippen LogP contribution >= 0.6 is 0 Å². The largest absolute Gasteiger partial charge is 0.464 e. The molecule has 0 aliphatic carbocycles. The van der Waals surface area contributed by atoms with Crippen molar-refractivity contribution in [1.29, 1.82) is 0 Å². The number of hydrogen-bond acceptors (Lipinski definition) is 9. The average molecular weight is 588 g/mol. The summed E-state index contributed by atoms with van der Waals surface area (Å²) in [7, 11) is 0. The highest BCUT2D eigenvalue weighted by Gasteiger charge is 2.28. The standard InChI is InChI=1S/C28H53N5O8/c1-8-9-18-39-22(34)19-31-23(35)20(14-10-12-16-29)32-24(36)21(33-26(38)41-28(5,6)7)15-11-13-17-30-25(37)40-27(2,3)4/h20-21H,8-19,29H2,1-7H3,(H,30,37)(H,31,35)(H,32,36)(H,33,38). The van der Waals surface area contributed by atoms with Crippen molar-refractivity contribution in [2.45, 2.75) is 123 Å². The molecular formula is C28H53N5O8. The molecule has 13 nitrogen and oxygen atoms in total. The predicted molar refractivity (Wildman–Crippen MR) is 155 cm³/mol. The van der Waals surface area contributed by atoms with Crippen LogP contribution in [0.25, 0.3) is 0 Å². The molecule has 0 heterocycles. The number of carbonyl (C=O) groups excluding carboxylic acids is 5. The molecule has 0 saturated heterocycles. The second-order valence-electron chi connectivity index (χ2n) is 11.8. The first-order chi connectivity index (χ1) is 19.1. The Bertz CT molecular complexity index is 823. The van der Waals surface area contributed by atoms with Crippen LogP contribution in [0.4, 0.5) is 9.59 Å². The molecular weight excluding hydrogens is 534 g/mol. The zero-order valence-electron chi connectivity index (χ0n) is 26.0. The Kier molecular flexibility index (Phi) is 18.4. The second-order valence-corrected chi connectivity index (χ2v) is 11.8. The van der Waals surface area contributed by atoms with Crippen LogP contribution in [0.2, 0.25) is 0 Å². The van der Waals surface area contributed by atoms with E-state index in [1.807, 2.05) is 6.92 Å². The maximum Gasteiger partial charge on any atom is 0.408 e. The Morgan fingerprint density at radius 2 is 1.27 bits per heavy atom. The fraction of sp³-hybridized carbons (Fsp3) is 0.821. The minimum atomic E-state index is -1.00. The van der Waals surface area contributed by atoms with Crippen LogP contribution in [0.5, 0.6) is 0 Å². The number of nitrogens with two attached hydrogens (primary N) is 1. The number of alkyl carbamates (subject to hydrolysis) is 2. The van der Waals surface area contributed by atoms with Crippen molar-refractivity contribution in [3.8, 4) is 0 Å². The summed E-state index contributed by atoms with van der Waals surface area (Å²) in [6.45, 7) is 13.1. The monoisotopic (exact) mass is 587 g/mol. The molecule has 0 aromatic carbocycles. The minimum Gasteiger partial charge on any atom is -0.464 e. The Morgan fingerprint density at radius 3 is 1.83 bits per heavy atom. The molecule has 0 aliphatic heterocycles. The summed E-state index contributed by atoms with van der Waals surface area (Å²) in [6, 6.07) is -1.95. The quantitative estimate of drug-likeness (QED) is 0.0912. The van der Waals surface area contributed by atoms with Crippen molar-refractivity contribution in [1.82, 2.24) is 21.3 Å². The van der Waals surface area contributed by atoms with Gasteiger partial charge < -0.3 is 41.2 Å². The Balaban J connectivity index is 5.28. The van der Waals surface area contributed by atoms with Gasteiger partial charge in [0, 0.05) is 6.54 Å². The summed E-state index contributed by atoms with van der Waals surface area (Å²) < 4.78 is 15.6. The van der Waals surface area contributed by atoms with Gasteiger partial charge in [-0.25, -0.2) is 9.59 Å². The lowest BCUT2D eigenvalue weighted by Gasteiger charge is -2.25. The highest BCUT2D eigenvalue weighted by molar-refractivity contribution is 5.92. The van der Waals surface area contributed by atoms with E-state index in [1.54, 1.807) is 41.5 Å². The lowest BCUT2D eigenvalue weighted by molar-refractivity contribution is -0.144. The van der Waals surface area contributed by atoms with E-state index >= 15 is 0 Å². The number of amides is 4. The summed E-state index contributed by atoms with van der Waals surface area (Å²) >= 11 is 0. The van der Waals surface area contributed by atoms with Crippen molar-refractivity contribution in [2.75, 3.05) is 26.2 Å². The van der Waals surface area contributed by atoms with Gasteiger partial charge in [-0.2, -0.15) is 0 Å². The van der Waals surface area contributed by atoms with E-state index in [9.17, 15) is 24.0 Å². The van der Waals surface area contributed by atoms with E-state index in [2.05, 4.69) is 21.3 Å². The normalized spacial score (nSPS) is 12.9. The SMILES string of the molecule is CCCCOC(=O)CNC(=O)C(CCCCN)NC(=O)C(CCCCNC(=O)OC(C)(C)C)NC(=O)OC(C)(C)C. The van der Waals surface area contributed by atoms with Crippen molar-refractivity contribution >= 4 is 30.0 Å². The molecule has 2 unspecified atom stereocenters. The third-order valence-corrected chi connectivity index (χ3v) is 5.34. The third kappa shape index (κ3) is 21.3. The second kappa shape index (κ2) is 19.9. The predicted octanol–water partition coefficient (Wildman–Crippen LogP) is 2.65. The van der Waals surface area contributed by atoms with Gasteiger partial charge in [-0.3, -0.25) is 14.4 Å². The molecule has 0 saturated carbocycles. The topological polar surface area (TPSA) is 187 Å². The van der Waals surface area contributed by atoms with Crippen molar-refractivity contribution < 1.29 is 38.2 Å². The van der Waals surface area contributed by atoms with Gasteiger partial charge in [0.1, 0.15) is 29.8 Å². The van der Waals surface area contributed by atoms with E-state index < -0.39 is 53.3 Å². The van der Waals surface area contributed by atoms with Gasteiger partial charge in [0.05, 0.1) is 6.61 Å². The summed E-state index contributed by atoms with van der Waals surface area (Å²) in [4.78, 5) is 62.4. The first kappa shape index (κ1) is 37.9. The van der Waals surface area contributed by atoms with Crippen molar-refractivity contribution in [2.24, 2.45) is 5.73 Å². The fourth-order valence-corrected chi connectivity index (χ4v) is 3.39. The number of ether oxygens (including phenoxy) is 3. The van der Waals surface area contributed by atoms with Gasteiger partial charge in [0.2, 0.25) is 11.8 Å². The molecule has 41 heavy (non-hydrogen) atoms. The van der Waals surface area contributed by atoms with Crippen LogP contribution in [0, 0.1) is 0 Å². The molecule has 0 bridgehead atoms. The number of esters is 1. The molecule has 0 aliphatic rings. The molecule has 6 N–H and O–H groups in total. The lowest BCUT2D eigenvalue weighted by atomic mass is 10.1. The molecule has 0 aromatic rings. The number of unbranched alkanes of at least 4 members (excludes halogenated alkanes) is 3. The van der Waals surface area contributed by atoms with Gasteiger partial charge in [-0.05, 0) is 93.0 Å². The van der Waals surface area contributed by atoms with E-state index in [1.165, 1.54) is 0 Å². The van der Waals surface area contributed by atoms with E-state index in [0.29, 0.717) is 45.2 Å². The van der Waals surface area contributed by atoms with Crippen LogP contribution in [-0.4, -0.2) is 79.5 Å². The summed E-state index contributed by atoms with van der Waals surface area (Å²) in [6.07, 6.45) is 2.98. The van der Waals surface area contributed by atoms with E-state index in [0.717, 1.165) is 12.8 Å². The minimum absolute atomic E-state index is 0.224. The Labute approximate surface area is 244 Å². The highest BCUT2D eigenvalue weighted by Crippen LogP contribution is 2.10. The summed E-state index contributed by atoms with van der Waals surface area (Å²) in [5, 5.41) is 10.5. The zero-order valence-corrected chi connectivity index (χ0v) is 26.0. The molecule has 238 valence electrons. The highest BCUT2D eigenvalue weighted by atomic mass is 16.6. The van der Waals surface area contributed by atoms with Crippen LogP contribution in [-0.2, 0) is 28.6 Å². The smallest absolute Gasteiger partial charge is 0.408 e. The molecule has 13 heteroatoms. The fourth-order valence-electron chi connectivity index (χ4n) is 3.39. The average Bonchev–Trinajstić information content (AvgIpc) is 2.83. The molecule has 2 atom stereocenters. The maximum absolute atomic E-state index is 13.3. The van der Waals surface area contributed by atoms with Gasteiger partial charge in [-0.1, -0.05) is 13.3 Å². The molecule has 0 spiro atoms. The summed E-state index contributed by atoms with van der Waals surface area (Å²) in [5.74, 6) is -1.68. The van der Waals surface area contributed by atoms with E-state index in [4.69, 9.17) is 19.9 Å². The number of carbonyl (C=O) groups is 5. The van der Waals surface area contributed by atoms with Crippen LogP contribution in [0.1, 0.15) is 99.8 Å². The summed E-state index contributed by atoms with van der Waals surface area (Å²) in [5.41, 5.74) is 4.19. The molecule has 4 amide bonds. The lowest BCUT2D eigenvalue weighted by Crippen LogP contribution is -2.54. The van der Waals surface area contributed by atoms with Crippen molar-refractivity contribution in [3.05, 3.63) is 0 Å². The maximum atomic E-state index is 13.3. The first-order valence-electron chi connectivity index (χ1n) is 14.5. The molecule has 0 aromatic heterocycles. The van der Waals surface area contributed by atoms with Gasteiger partial charge >= 0.3 is 18.2 Å².